The van der Waals surface area contributed by atoms with E-state index >= 15 is 0 Å². The van der Waals surface area contributed by atoms with Crippen LogP contribution in [0.4, 0.5) is 5.00 Å². The smallest absolute Gasteiger partial charge is 0.341 e. The zero-order chi connectivity index (χ0) is 21.8. The normalized spacial score (nSPS) is 16.8. The summed E-state index contributed by atoms with van der Waals surface area (Å²) >= 11 is 7.49. The first-order valence-corrected chi connectivity index (χ1v) is 12.0. The van der Waals surface area contributed by atoms with Crippen molar-refractivity contribution in [2.45, 2.75) is 32.7 Å². The van der Waals surface area contributed by atoms with Crippen LogP contribution in [0.25, 0.3) is 0 Å². The highest BCUT2D eigenvalue weighted by Gasteiger charge is 2.29. The van der Waals surface area contributed by atoms with Crippen LogP contribution in [0.5, 0.6) is 0 Å². The predicted molar refractivity (Wildman–Crippen MR) is 124 cm³/mol. The maximum atomic E-state index is 12.7. The molecule has 1 saturated heterocycles. The summed E-state index contributed by atoms with van der Waals surface area (Å²) < 4.78 is 5.24. The zero-order valence-corrected chi connectivity index (χ0v) is 19.4. The number of fused-ring (bicyclic) bond motifs is 1. The summed E-state index contributed by atoms with van der Waals surface area (Å²) in [6.45, 7) is 6.86. The molecule has 0 atom stereocenters. The number of aryl methyl sites for hydroxylation is 1. The van der Waals surface area contributed by atoms with Crippen LogP contribution in [0.1, 0.15) is 39.7 Å². The number of hydrogen-bond acceptors (Lipinski definition) is 6. The fraction of sp³-hybridized carbons (Fsp3) is 0.478. The Kier molecular flexibility index (Phi) is 7.27. The molecule has 1 aliphatic carbocycles. The number of piperazine rings is 1. The van der Waals surface area contributed by atoms with Crippen LogP contribution < -0.4 is 5.32 Å². The second kappa shape index (κ2) is 10.1. The maximum absolute atomic E-state index is 12.7. The molecule has 2 aromatic rings. The molecule has 2 heterocycles. The van der Waals surface area contributed by atoms with Crippen molar-refractivity contribution in [3.05, 3.63) is 50.9 Å². The molecule has 0 radical (unpaired) electrons. The highest BCUT2D eigenvalue weighted by molar-refractivity contribution is 7.17. The van der Waals surface area contributed by atoms with E-state index in [2.05, 4.69) is 27.2 Å². The molecule has 166 valence electrons. The number of carbonyl (C=O) groups is 2. The molecule has 0 spiro atoms. The molecule has 0 bridgehead atoms. The van der Waals surface area contributed by atoms with Crippen LogP contribution in [0.2, 0.25) is 5.02 Å². The monoisotopic (exact) mass is 461 g/mol. The lowest BCUT2D eigenvalue weighted by molar-refractivity contribution is -0.117. The van der Waals surface area contributed by atoms with E-state index in [-0.39, 0.29) is 11.9 Å². The number of halogens is 1. The van der Waals surface area contributed by atoms with Crippen LogP contribution in [0.15, 0.2) is 24.3 Å². The van der Waals surface area contributed by atoms with Crippen molar-refractivity contribution in [1.82, 2.24) is 9.80 Å². The summed E-state index contributed by atoms with van der Waals surface area (Å²) in [6.07, 6.45) is 2.91. The van der Waals surface area contributed by atoms with Crippen LogP contribution in [0.3, 0.4) is 0 Å². The van der Waals surface area contributed by atoms with Gasteiger partial charge in [0.05, 0.1) is 18.7 Å². The number of nitrogens with one attached hydrogen (secondary N) is 1. The van der Waals surface area contributed by atoms with Crippen molar-refractivity contribution in [3.63, 3.8) is 0 Å². The molecule has 0 saturated carbocycles. The molecular formula is C23H28ClN3O3S. The van der Waals surface area contributed by atoms with Gasteiger partial charge in [0.2, 0.25) is 5.91 Å². The minimum atomic E-state index is -0.326. The fourth-order valence-electron chi connectivity index (χ4n) is 4.23. The molecule has 8 heteroatoms. The molecule has 4 rings (SSSR count). The van der Waals surface area contributed by atoms with Gasteiger partial charge < -0.3 is 10.1 Å². The first-order valence-electron chi connectivity index (χ1n) is 10.8. The second-order valence-electron chi connectivity index (χ2n) is 8.01. The third kappa shape index (κ3) is 5.47. The van der Waals surface area contributed by atoms with Crippen molar-refractivity contribution in [2.24, 2.45) is 0 Å². The SMILES string of the molecule is CCOC(=O)c1c(NC(=O)CN2CCN(Cc3ccc(Cl)cc3)CC2)sc2c1CCC2. The lowest BCUT2D eigenvalue weighted by atomic mass is 10.1. The Bertz CT molecular complexity index is 936. The van der Waals surface area contributed by atoms with Gasteiger partial charge in [-0.3, -0.25) is 14.6 Å². The van der Waals surface area contributed by atoms with E-state index in [0.29, 0.717) is 23.7 Å². The molecule has 6 nitrogen and oxygen atoms in total. The van der Waals surface area contributed by atoms with E-state index in [4.69, 9.17) is 16.3 Å². The average Bonchev–Trinajstić information content (AvgIpc) is 3.32. The maximum Gasteiger partial charge on any atom is 0.341 e. The second-order valence-corrected chi connectivity index (χ2v) is 9.55. The number of benzene rings is 1. The van der Waals surface area contributed by atoms with E-state index in [9.17, 15) is 9.59 Å². The van der Waals surface area contributed by atoms with Gasteiger partial charge in [-0.1, -0.05) is 23.7 Å². The first-order chi connectivity index (χ1) is 15.0. The number of anilines is 1. The average molecular weight is 462 g/mol. The van der Waals surface area contributed by atoms with Crippen molar-refractivity contribution in [2.75, 3.05) is 44.6 Å². The topological polar surface area (TPSA) is 61.9 Å². The first kappa shape index (κ1) is 22.3. The molecule has 0 unspecified atom stereocenters. The van der Waals surface area contributed by atoms with E-state index in [1.54, 1.807) is 6.92 Å². The van der Waals surface area contributed by atoms with Crippen molar-refractivity contribution >= 4 is 39.8 Å². The van der Waals surface area contributed by atoms with Crippen molar-refractivity contribution in [1.29, 1.82) is 0 Å². The van der Waals surface area contributed by atoms with Gasteiger partial charge >= 0.3 is 5.97 Å². The molecule has 1 N–H and O–H groups in total. The molecule has 31 heavy (non-hydrogen) atoms. The van der Waals surface area contributed by atoms with Crippen molar-refractivity contribution in [3.8, 4) is 0 Å². The van der Waals surface area contributed by atoms with Crippen LogP contribution in [-0.4, -0.2) is 61.0 Å². The summed E-state index contributed by atoms with van der Waals surface area (Å²) in [7, 11) is 0. The quantitative estimate of drug-likeness (QED) is 0.635. The van der Waals surface area contributed by atoms with E-state index in [1.807, 2.05) is 12.1 Å². The summed E-state index contributed by atoms with van der Waals surface area (Å²) in [5, 5.41) is 4.39. The lowest BCUT2D eigenvalue weighted by Gasteiger charge is -2.34. The molecule has 1 fully saturated rings. The number of rotatable bonds is 7. The van der Waals surface area contributed by atoms with E-state index in [0.717, 1.165) is 62.6 Å². The molecule has 1 aromatic carbocycles. The minimum Gasteiger partial charge on any atom is -0.462 e. The van der Waals surface area contributed by atoms with Gasteiger partial charge in [0.25, 0.3) is 0 Å². The van der Waals surface area contributed by atoms with Gasteiger partial charge in [0.15, 0.2) is 0 Å². The van der Waals surface area contributed by atoms with Gasteiger partial charge in [0.1, 0.15) is 5.00 Å². The summed E-state index contributed by atoms with van der Waals surface area (Å²) in [5.74, 6) is -0.398. The van der Waals surface area contributed by atoms with Gasteiger partial charge in [-0.2, -0.15) is 0 Å². The Morgan fingerprint density at radius 3 is 2.52 bits per heavy atom. The molecular weight excluding hydrogens is 434 g/mol. The van der Waals surface area contributed by atoms with Gasteiger partial charge in [0, 0.05) is 42.6 Å². The number of nitrogens with zero attached hydrogens (tertiary/aromatic N) is 2. The minimum absolute atomic E-state index is 0.0726. The van der Waals surface area contributed by atoms with Gasteiger partial charge in [-0.05, 0) is 49.4 Å². The number of thiophene rings is 1. The van der Waals surface area contributed by atoms with E-state index in [1.165, 1.54) is 21.8 Å². The largest absolute Gasteiger partial charge is 0.462 e. The van der Waals surface area contributed by atoms with Gasteiger partial charge in [-0.25, -0.2) is 4.79 Å². The molecule has 1 aliphatic heterocycles. The Morgan fingerprint density at radius 1 is 1.10 bits per heavy atom. The highest BCUT2D eigenvalue weighted by Crippen LogP contribution is 2.39. The fourth-order valence-corrected chi connectivity index (χ4v) is 5.65. The van der Waals surface area contributed by atoms with E-state index < -0.39 is 0 Å². The summed E-state index contributed by atoms with van der Waals surface area (Å²) in [4.78, 5) is 31.0. The number of ether oxygens (including phenoxy) is 1. The van der Waals surface area contributed by atoms with Crippen LogP contribution >= 0.6 is 22.9 Å². The Hall–Kier alpha value is -1.93. The third-order valence-corrected chi connectivity index (χ3v) is 7.26. The highest BCUT2D eigenvalue weighted by atomic mass is 35.5. The standard InChI is InChI=1S/C23H28ClN3O3S/c1-2-30-23(29)21-18-4-3-5-19(18)31-22(21)25-20(28)15-27-12-10-26(11-13-27)14-16-6-8-17(24)9-7-16/h6-9H,2-5,10-15H2,1H3,(H,25,28). The van der Waals surface area contributed by atoms with Crippen molar-refractivity contribution < 1.29 is 14.3 Å². The van der Waals surface area contributed by atoms with Crippen LogP contribution in [0, 0.1) is 0 Å². The van der Waals surface area contributed by atoms with Crippen LogP contribution in [-0.2, 0) is 28.9 Å². The molecule has 2 aliphatic rings. The number of amides is 1. The predicted octanol–water partition coefficient (Wildman–Crippen LogP) is 3.82. The Morgan fingerprint density at radius 2 is 1.81 bits per heavy atom. The lowest BCUT2D eigenvalue weighted by Crippen LogP contribution is -2.48. The summed E-state index contributed by atoms with van der Waals surface area (Å²) in [6, 6.07) is 7.95. The zero-order valence-electron chi connectivity index (χ0n) is 17.8. The third-order valence-electron chi connectivity index (χ3n) is 5.81. The number of esters is 1. The number of hydrogen-bond donors (Lipinski definition) is 1. The van der Waals surface area contributed by atoms with Gasteiger partial charge in [-0.15, -0.1) is 11.3 Å². The molecule has 1 amide bonds. The number of carbonyl (C=O) groups excluding carboxylic acids is 2. The summed E-state index contributed by atoms with van der Waals surface area (Å²) in [5.41, 5.74) is 2.88. The Labute approximate surface area is 192 Å². The molecule has 1 aromatic heterocycles. The Balaban J connectivity index is 1.30.